The maximum absolute atomic E-state index is 12.5. The van der Waals surface area contributed by atoms with Gasteiger partial charge in [0.05, 0.1) is 4.90 Å². The molecular formula is C18H20ClNO5S. The van der Waals surface area contributed by atoms with E-state index in [0.29, 0.717) is 23.6 Å². The standard InChI is InChI=1S/C18H20ClNO5S/c1-2-15(20-26(23,24)17-9-5-14(19)6-10-17)11-13-3-7-16(8-4-13)25-12-18(21)22/h3-10,15,20H,2,11-12H2,1H3,(H,21,22). The number of hydrogen-bond donors (Lipinski definition) is 2. The van der Waals surface area contributed by atoms with Gasteiger partial charge >= 0.3 is 5.97 Å². The number of aliphatic carboxylic acids is 1. The summed E-state index contributed by atoms with van der Waals surface area (Å²) in [5.41, 5.74) is 0.915. The van der Waals surface area contributed by atoms with Crippen molar-refractivity contribution in [1.29, 1.82) is 0 Å². The fourth-order valence-corrected chi connectivity index (χ4v) is 3.77. The van der Waals surface area contributed by atoms with Gasteiger partial charge in [0.25, 0.3) is 0 Å². The van der Waals surface area contributed by atoms with Gasteiger partial charge in [-0.2, -0.15) is 0 Å². The zero-order valence-corrected chi connectivity index (χ0v) is 15.8. The van der Waals surface area contributed by atoms with Crippen LogP contribution < -0.4 is 9.46 Å². The second-order valence-corrected chi connectivity index (χ2v) is 7.86. The van der Waals surface area contributed by atoms with Gasteiger partial charge < -0.3 is 9.84 Å². The molecule has 0 aromatic heterocycles. The van der Waals surface area contributed by atoms with E-state index in [1.165, 1.54) is 24.3 Å². The van der Waals surface area contributed by atoms with E-state index in [4.69, 9.17) is 21.4 Å². The number of nitrogens with one attached hydrogen (secondary N) is 1. The number of carboxylic acid groups (broad SMARTS) is 1. The van der Waals surface area contributed by atoms with Crippen molar-refractivity contribution >= 4 is 27.6 Å². The first-order chi connectivity index (χ1) is 12.3. The molecule has 2 aromatic rings. The van der Waals surface area contributed by atoms with E-state index >= 15 is 0 Å². The topological polar surface area (TPSA) is 92.7 Å². The summed E-state index contributed by atoms with van der Waals surface area (Å²) in [6, 6.07) is 12.6. The van der Waals surface area contributed by atoms with Gasteiger partial charge in [0.2, 0.25) is 10.0 Å². The minimum absolute atomic E-state index is 0.165. The highest BCUT2D eigenvalue weighted by Crippen LogP contribution is 2.17. The number of halogens is 1. The van der Waals surface area contributed by atoms with Crippen LogP contribution in [0.15, 0.2) is 53.4 Å². The van der Waals surface area contributed by atoms with Crippen molar-refractivity contribution in [2.75, 3.05) is 6.61 Å². The Kier molecular flexibility index (Phi) is 7.02. The molecule has 0 aliphatic carbocycles. The Morgan fingerprint density at radius 3 is 2.31 bits per heavy atom. The predicted molar refractivity (Wildman–Crippen MR) is 99.1 cm³/mol. The van der Waals surface area contributed by atoms with Crippen molar-refractivity contribution in [2.24, 2.45) is 0 Å². The number of rotatable bonds is 9. The molecule has 0 radical (unpaired) electrons. The highest BCUT2D eigenvalue weighted by atomic mass is 35.5. The van der Waals surface area contributed by atoms with Gasteiger partial charge in [-0.15, -0.1) is 0 Å². The molecule has 6 nitrogen and oxygen atoms in total. The molecule has 0 saturated heterocycles. The van der Waals surface area contributed by atoms with Crippen LogP contribution in [0.3, 0.4) is 0 Å². The molecule has 2 aromatic carbocycles. The molecule has 140 valence electrons. The first-order valence-electron chi connectivity index (χ1n) is 8.01. The minimum Gasteiger partial charge on any atom is -0.482 e. The van der Waals surface area contributed by atoms with Crippen LogP contribution in [0.25, 0.3) is 0 Å². The van der Waals surface area contributed by atoms with E-state index in [1.54, 1.807) is 24.3 Å². The third-order valence-electron chi connectivity index (χ3n) is 3.71. The number of hydrogen-bond acceptors (Lipinski definition) is 4. The Labute approximate surface area is 157 Å². The normalized spacial score (nSPS) is 12.5. The lowest BCUT2D eigenvalue weighted by Gasteiger charge is -2.17. The third kappa shape index (κ3) is 6.01. The van der Waals surface area contributed by atoms with Crippen LogP contribution in [0.1, 0.15) is 18.9 Å². The molecule has 2 rings (SSSR count). The number of carboxylic acids is 1. The average Bonchev–Trinajstić information content (AvgIpc) is 2.60. The van der Waals surface area contributed by atoms with Gasteiger partial charge in [0, 0.05) is 11.1 Å². The second-order valence-electron chi connectivity index (χ2n) is 5.71. The van der Waals surface area contributed by atoms with Crippen LogP contribution >= 0.6 is 11.6 Å². The van der Waals surface area contributed by atoms with Crippen LogP contribution in [-0.2, 0) is 21.2 Å². The second kappa shape index (κ2) is 9.02. The van der Waals surface area contributed by atoms with Gasteiger partial charge in [0.15, 0.2) is 6.61 Å². The van der Waals surface area contributed by atoms with Gasteiger partial charge in [0.1, 0.15) is 5.75 Å². The zero-order chi connectivity index (χ0) is 19.2. The lowest BCUT2D eigenvalue weighted by molar-refractivity contribution is -0.139. The van der Waals surface area contributed by atoms with Crippen molar-refractivity contribution in [3.05, 3.63) is 59.1 Å². The minimum atomic E-state index is -3.63. The van der Waals surface area contributed by atoms with Gasteiger partial charge in [-0.05, 0) is 54.8 Å². The van der Waals surface area contributed by atoms with Crippen molar-refractivity contribution < 1.29 is 23.1 Å². The molecule has 0 saturated carbocycles. The quantitative estimate of drug-likeness (QED) is 0.678. The van der Waals surface area contributed by atoms with Crippen LogP contribution in [0.5, 0.6) is 5.75 Å². The molecule has 1 atom stereocenters. The molecule has 0 heterocycles. The van der Waals surface area contributed by atoms with Crippen molar-refractivity contribution in [3.8, 4) is 5.75 Å². The van der Waals surface area contributed by atoms with E-state index in [9.17, 15) is 13.2 Å². The first kappa shape index (κ1) is 20.2. The van der Waals surface area contributed by atoms with E-state index in [1.807, 2.05) is 6.92 Å². The van der Waals surface area contributed by atoms with Crippen LogP contribution in [0.4, 0.5) is 0 Å². The largest absolute Gasteiger partial charge is 0.482 e. The maximum Gasteiger partial charge on any atom is 0.341 e. The van der Waals surface area contributed by atoms with Crippen LogP contribution in [0, 0.1) is 0 Å². The number of carbonyl (C=O) groups is 1. The van der Waals surface area contributed by atoms with Gasteiger partial charge in [-0.1, -0.05) is 30.7 Å². The Bertz CT molecular complexity index is 835. The summed E-state index contributed by atoms with van der Waals surface area (Å²) >= 11 is 5.80. The predicted octanol–water partition coefficient (Wildman–Crippen LogP) is 3.10. The SMILES string of the molecule is CCC(Cc1ccc(OCC(=O)O)cc1)NS(=O)(=O)c1ccc(Cl)cc1. The van der Waals surface area contributed by atoms with Crippen molar-refractivity contribution in [2.45, 2.75) is 30.7 Å². The molecule has 26 heavy (non-hydrogen) atoms. The molecule has 0 fully saturated rings. The lowest BCUT2D eigenvalue weighted by Crippen LogP contribution is -2.35. The van der Waals surface area contributed by atoms with Crippen LogP contribution in [-0.4, -0.2) is 32.1 Å². The van der Waals surface area contributed by atoms with E-state index in [-0.39, 0.29) is 10.9 Å². The van der Waals surface area contributed by atoms with Gasteiger partial charge in [-0.3, -0.25) is 0 Å². The highest BCUT2D eigenvalue weighted by molar-refractivity contribution is 7.89. The zero-order valence-electron chi connectivity index (χ0n) is 14.2. The summed E-state index contributed by atoms with van der Waals surface area (Å²) in [5, 5.41) is 9.07. The molecule has 0 amide bonds. The number of sulfonamides is 1. The Hall–Kier alpha value is -2.09. The Morgan fingerprint density at radius 1 is 1.15 bits per heavy atom. The molecule has 2 N–H and O–H groups in total. The molecular weight excluding hydrogens is 378 g/mol. The molecule has 0 aliphatic rings. The Balaban J connectivity index is 2.02. The van der Waals surface area contributed by atoms with E-state index in [2.05, 4.69) is 4.72 Å². The van der Waals surface area contributed by atoms with Crippen molar-refractivity contribution in [3.63, 3.8) is 0 Å². The highest BCUT2D eigenvalue weighted by Gasteiger charge is 2.19. The monoisotopic (exact) mass is 397 g/mol. The average molecular weight is 398 g/mol. The summed E-state index contributed by atoms with van der Waals surface area (Å²) in [5.74, 6) is -0.595. The van der Waals surface area contributed by atoms with E-state index in [0.717, 1.165) is 5.56 Å². The molecule has 0 aliphatic heterocycles. The maximum atomic E-state index is 12.5. The molecule has 8 heteroatoms. The summed E-state index contributed by atoms with van der Waals surface area (Å²) in [4.78, 5) is 10.7. The molecule has 1 unspecified atom stereocenters. The Morgan fingerprint density at radius 2 is 1.77 bits per heavy atom. The third-order valence-corrected chi connectivity index (χ3v) is 5.49. The first-order valence-corrected chi connectivity index (χ1v) is 9.87. The van der Waals surface area contributed by atoms with Crippen molar-refractivity contribution in [1.82, 2.24) is 4.72 Å². The summed E-state index contributed by atoms with van der Waals surface area (Å²) in [6.45, 7) is 1.50. The smallest absolute Gasteiger partial charge is 0.341 e. The molecule has 0 spiro atoms. The fourth-order valence-electron chi connectivity index (χ4n) is 2.32. The van der Waals surface area contributed by atoms with Crippen LogP contribution in [0.2, 0.25) is 5.02 Å². The summed E-state index contributed by atoms with van der Waals surface area (Å²) in [6.07, 6.45) is 1.12. The number of benzene rings is 2. The summed E-state index contributed by atoms with van der Waals surface area (Å²) < 4.78 is 32.7. The summed E-state index contributed by atoms with van der Waals surface area (Å²) in [7, 11) is -3.63. The lowest BCUT2D eigenvalue weighted by atomic mass is 10.0. The number of ether oxygens (including phenoxy) is 1. The van der Waals surface area contributed by atoms with Gasteiger partial charge in [-0.25, -0.2) is 17.9 Å². The van der Waals surface area contributed by atoms with E-state index < -0.39 is 22.6 Å². The molecule has 0 bridgehead atoms. The fraction of sp³-hybridized carbons (Fsp3) is 0.278.